The Labute approximate surface area is 247 Å². The lowest BCUT2D eigenvalue weighted by Gasteiger charge is -2.35. The van der Waals surface area contributed by atoms with Gasteiger partial charge in [-0.2, -0.15) is 18.4 Å². The minimum Gasteiger partial charge on any atom is -0.360 e. The van der Waals surface area contributed by atoms with E-state index >= 15 is 4.39 Å². The summed E-state index contributed by atoms with van der Waals surface area (Å²) < 4.78 is 41.4. The molecule has 0 unspecified atom stereocenters. The molecule has 0 aliphatic carbocycles. The number of aromatic amines is 1. The van der Waals surface area contributed by atoms with Gasteiger partial charge in [0.2, 0.25) is 0 Å². The minimum atomic E-state index is -4.20. The molecule has 0 bridgehead atoms. The van der Waals surface area contributed by atoms with E-state index < -0.39 is 27.7 Å². The molecule has 3 amide bonds. The number of sulfonamides is 1. The van der Waals surface area contributed by atoms with Crippen LogP contribution in [0.15, 0.2) is 82.9 Å². The van der Waals surface area contributed by atoms with Crippen LogP contribution >= 0.6 is 0 Å². The molecule has 4 aromatic rings. The van der Waals surface area contributed by atoms with Crippen molar-refractivity contribution in [2.75, 3.05) is 33.2 Å². The van der Waals surface area contributed by atoms with E-state index in [1.54, 1.807) is 41.3 Å². The lowest BCUT2D eigenvalue weighted by atomic mass is 10.0. The summed E-state index contributed by atoms with van der Waals surface area (Å²) in [6, 6.07) is 17.2. The Bertz CT molecular complexity index is 1830. The molecule has 1 aromatic heterocycles. The number of nitrogens with one attached hydrogen (secondary N) is 3. The van der Waals surface area contributed by atoms with Gasteiger partial charge < -0.3 is 20.1 Å². The molecule has 5 rings (SSSR count). The molecular weight excluding hydrogens is 575 g/mol. The summed E-state index contributed by atoms with van der Waals surface area (Å²) >= 11 is 0. The molecule has 1 saturated heterocycles. The summed E-state index contributed by atoms with van der Waals surface area (Å²) in [5, 5.41) is 6.41. The van der Waals surface area contributed by atoms with Crippen molar-refractivity contribution in [3.8, 4) is 0 Å². The molecule has 0 spiro atoms. The first-order valence-electron chi connectivity index (χ1n) is 13.4. The number of hydrogen-bond donors (Lipinski definition) is 3. The van der Waals surface area contributed by atoms with Crippen LogP contribution in [0, 0.1) is 12.7 Å². The number of benzene rings is 3. The van der Waals surface area contributed by atoms with Gasteiger partial charge in [0.25, 0.3) is 27.7 Å². The summed E-state index contributed by atoms with van der Waals surface area (Å²) in [5.74, 6) is -2.07. The number of aryl methyl sites for hydroxylation is 1. The third-order valence-electron chi connectivity index (χ3n) is 7.20. The second kappa shape index (κ2) is 12.1. The largest absolute Gasteiger partial charge is 0.360 e. The highest BCUT2D eigenvalue weighted by atomic mass is 32.2. The van der Waals surface area contributed by atoms with Crippen molar-refractivity contribution >= 4 is 44.4 Å². The topological polar surface area (TPSA) is 144 Å². The van der Waals surface area contributed by atoms with Crippen molar-refractivity contribution in [3.05, 3.63) is 101 Å². The van der Waals surface area contributed by atoms with Crippen LogP contribution in [0.5, 0.6) is 0 Å². The Balaban J connectivity index is 1.50. The Kier molecular flexibility index (Phi) is 8.26. The highest BCUT2D eigenvalue weighted by Gasteiger charge is 2.31. The van der Waals surface area contributed by atoms with Crippen LogP contribution in [0.2, 0.25) is 0 Å². The predicted octanol–water partition coefficient (Wildman–Crippen LogP) is 2.64. The number of nitrogens with zero attached hydrogens (tertiary/aromatic N) is 3. The summed E-state index contributed by atoms with van der Waals surface area (Å²) in [6.07, 6.45) is 1.31. The molecule has 0 saturated carbocycles. The van der Waals surface area contributed by atoms with Gasteiger partial charge >= 0.3 is 0 Å². The molecule has 43 heavy (non-hydrogen) atoms. The molecule has 1 fully saturated rings. The second-order valence-corrected chi connectivity index (χ2v) is 11.6. The van der Waals surface area contributed by atoms with Crippen molar-refractivity contribution < 1.29 is 27.2 Å². The van der Waals surface area contributed by atoms with Crippen molar-refractivity contribution in [1.82, 2.24) is 24.9 Å². The maximum absolute atomic E-state index is 15.3. The highest BCUT2D eigenvalue weighted by molar-refractivity contribution is 7.89. The maximum Gasteiger partial charge on any atom is 0.276 e. The first kappa shape index (κ1) is 29.5. The molecule has 1 aliphatic heterocycles. The van der Waals surface area contributed by atoms with Crippen molar-refractivity contribution in [3.63, 3.8) is 0 Å². The summed E-state index contributed by atoms with van der Waals surface area (Å²) in [7, 11) is -2.77. The van der Waals surface area contributed by atoms with Crippen LogP contribution in [-0.2, 0) is 14.8 Å². The Morgan fingerprint density at radius 1 is 0.884 bits per heavy atom. The van der Waals surface area contributed by atoms with Crippen molar-refractivity contribution in [2.24, 2.45) is 5.10 Å². The predicted molar refractivity (Wildman–Crippen MR) is 159 cm³/mol. The van der Waals surface area contributed by atoms with Gasteiger partial charge in [0.1, 0.15) is 5.82 Å². The van der Waals surface area contributed by atoms with E-state index in [0.717, 1.165) is 11.6 Å². The number of piperazine rings is 1. The number of amides is 3. The van der Waals surface area contributed by atoms with Crippen LogP contribution in [0.25, 0.3) is 10.9 Å². The molecule has 3 aromatic carbocycles. The zero-order valence-corrected chi connectivity index (χ0v) is 24.2. The average molecular weight is 605 g/mol. The second-order valence-electron chi connectivity index (χ2n) is 9.95. The summed E-state index contributed by atoms with van der Waals surface area (Å²) in [5.41, 5.74) is 1.22. The zero-order chi connectivity index (χ0) is 30.7. The van der Waals surface area contributed by atoms with Gasteiger partial charge in [-0.3, -0.25) is 14.4 Å². The monoisotopic (exact) mass is 604 g/mol. The number of carbonyl (C=O) groups is 3. The molecule has 11 nitrogen and oxygen atoms in total. The SMILES string of the molecule is CNC(=O)c1ccc(F)c2c(C(=NNS(=O)(=O)c3ccc(C)cc3)C(=O)N3CCN(C(=O)c4ccccc4)CC3)c[nH]c12. The Hall–Kier alpha value is -5.04. The third-order valence-corrected chi connectivity index (χ3v) is 8.42. The van der Waals surface area contributed by atoms with Gasteiger partial charge in [0.15, 0.2) is 5.71 Å². The van der Waals surface area contributed by atoms with Crippen LogP contribution in [-0.4, -0.2) is 79.9 Å². The van der Waals surface area contributed by atoms with Crippen LogP contribution in [0.1, 0.15) is 31.8 Å². The Morgan fingerprint density at radius 2 is 1.53 bits per heavy atom. The molecule has 0 radical (unpaired) electrons. The smallest absolute Gasteiger partial charge is 0.276 e. The molecule has 3 N–H and O–H groups in total. The first-order valence-corrected chi connectivity index (χ1v) is 14.9. The number of fused-ring (bicyclic) bond motifs is 1. The molecule has 1 aliphatic rings. The number of hydrazone groups is 1. The maximum atomic E-state index is 15.3. The van der Waals surface area contributed by atoms with E-state index in [1.165, 1.54) is 36.3 Å². The quantitative estimate of drug-likeness (QED) is 0.220. The summed E-state index contributed by atoms with van der Waals surface area (Å²) in [6.45, 7) is 2.53. The van der Waals surface area contributed by atoms with Gasteiger partial charge in [-0.05, 0) is 43.3 Å². The van der Waals surface area contributed by atoms with E-state index in [9.17, 15) is 22.8 Å². The normalized spacial score (nSPS) is 14.1. The van der Waals surface area contributed by atoms with E-state index in [1.807, 2.05) is 13.0 Å². The van der Waals surface area contributed by atoms with Crippen LogP contribution in [0.3, 0.4) is 0 Å². The number of halogens is 1. The van der Waals surface area contributed by atoms with E-state index in [2.05, 4.69) is 20.2 Å². The van der Waals surface area contributed by atoms with E-state index in [0.29, 0.717) is 5.56 Å². The number of carbonyl (C=O) groups excluding carboxylic acids is 3. The minimum absolute atomic E-state index is 0.0300. The van der Waals surface area contributed by atoms with Crippen LogP contribution in [0.4, 0.5) is 4.39 Å². The van der Waals surface area contributed by atoms with Gasteiger partial charge in [-0.25, -0.2) is 4.39 Å². The standard InChI is InChI=1S/C30H29FN6O5S/c1-19-8-10-21(11-9-19)43(41,42)35-34-27(23-18-33-26-22(28(38)32-2)12-13-24(31)25(23)26)30(40)37-16-14-36(15-17-37)29(39)20-6-4-3-5-7-20/h3-13,18,33,35H,14-17H2,1-2H3,(H,32,38). The van der Waals surface area contributed by atoms with Gasteiger partial charge in [-0.15, -0.1) is 0 Å². The fourth-order valence-electron chi connectivity index (χ4n) is 4.84. The molecule has 0 atom stereocenters. The van der Waals surface area contributed by atoms with Crippen molar-refractivity contribution in [1.29, 1.82) is 0 Å². The molecular formula is C30H29FN6O5S. The van der Waals surface area contributed by atoms with E-state index in [-0.39, 0.29) is 64.7 Å². The molecule has 13 heteroatoms. The zero-order valence-electron chi connectivity index (χ0n) is 23.4. The fraction of sp³-hybridized carbons (Fsp3) is 0.200. The Morgan fingerprint density at radius 3 is 2.19 bits per heavy atom. The number of hydrogen-bond acceptors (Lipinski definition) is 6. The first-order chi connectivity index (χ1) is 20.6. The molecule has 2 heterocycles. The van der Waals surface area contributed by atoms with Gasteiger partial charge in [-0.1, -0.05) is 35.9 Å². The average Bonchev–Trinajstić information content (AvgIpc) is 3.47. The van der Waals surface area contributed by atoms with Gasteiger partial charge in [0, 0.05) is 55.9 Å². The lowest BCUT2D eigenvalue weighted by Crippen LogP contribution is -2.52. The van der Waals surface area contributed by atoms with Crippen LogP contribution < -0.4 is 10.1 Å². The molecule has 222 valence electrons. The summed E-state index contributed by atoms with van der Waals surface area (Å²) in [4.78, 5) is 47.2. The number of rotatable bonds is 7. The van der Waals surface area contributed by atoms with Crippen molar-refractivity contribution in [2.45, 2.75) is 11.8 Å². The van der Waals surface area contributed by atoms with Gasteiger partial charge in [0.05, 0.1) is 16.0 Å². The van der Waals surface area contributed by atoms with E-state index in [4.69, 9.17) is 0 Å². The number of aromatic nitrogens is 1. The number of H-pyrrole nitrogens is 1. The third kappa shape index (κ3) is 5.97. The fourth-order valence-corrected chi connectivity index (χ4v) is 5.65. The highest BCUT2D eigenvalue weighted by Crippen LogP contribution is 2.27. The lowest BCUT2D eigenvalue weighted by molar-refractivity contribution is -0.125.